The Labute approximate surface area is 162 Å². The molecule has 0 aromatic rings. The first kappa shape index (κ1) is 24.8. The average molecular weight is 428 g/mol. The highest BCUT2D eigenvalue weighted by Gasteiger charge is 2.46. The Balaban J connectivity index is 2.64. The number of rotatable bonds is 15. The first-order chi connectivity index (χ1) is 12.5. The molecule has 0 radical (unpaired) electrons. The molecular weight excluding hydrogens is 389 g/mol. The van der Waals surface area contributed by atoms with E-state index in [0.29, 0.717) is 18.5 Å². The van der Waals surface area contributed by atoms with Gasteiger partial charge in [-0.05, 0) is 19.3 Å². The Morgan fingerprint density at radius 2 is 1.04 bits per heavy atom. The second kappa shape index (κ2) is 13.9. The van der Waals surface area contributed by atoms with Gasteiger partial charge in [-0.3, -0.25) is 17.8 Å². The Morgan fingerprint density at radius 1 is 0.615 bits per heavy atom. The minimum Gasteiger partial charge on any atom is -0.259 e. The minimum atomic E-state index is -3.30. The lowest BCUT2D eigenvalue weighted by molar-refractivity contribution is 0.306. The maximum absolute atomic E-state index is 13.1. The molecule has 0 bridgehead atoms. The van der Waals surface area contributed by atoms with E-state index in [0.717, 1.165) is 70.6 Å². The van der Waals surface area contributed by atoms with Crippen molar-refractivity contribution in [2.75, 3.05) is 18.5 Å². The van der Waals surface area contributed by atoms with Crippen molar-refractivity contribution in [1.29, 1.82) is 0 Å². The fourth-order valence-corrected chi connectivity index (χ4v) is 11.5. The van der Waals surface area contributed by atoms with Gasteiger partial charge in [-0.25, -0.2) is 4.31 Å². The van der Waals surface area contributed by atoms with Crippen LogP contribution in [-0.2, 0) is 22.1 Å². The molecule has 1 aliphatic heterocycles. The second-order valence-electron chi connectivity index (χ2n) is 7.15. The van der Waals surface area contributed by atoms with Crippen molar-refractivity contribution in [3.8, 4) is 0 Å². The molecule has 1 heterocycles. The standard InChI is InChI=1S/C18H39O5P3/c1-4-7-10-13-16-24-21-25(19,17-14-11-8-5-2)23-26(20,22-24)18-15-12-9-6-3/h4-18H2,1-3H3. The molecule has 0 saturated carbocycles. The van der Waals surface area contributed by atoms with Gasteiger partial charge in [-0.1, -0.05) is 78.6 Å². The smallest absolute Gasteiger partial charge is 0.259 e. The molecule has 156 valence electrons. The van der Waals surface area contributed by atoms with Crippen LogP contribution >= 0.6 is 23.6 Å². The molecule has 0 aliphatic carbocycles. The molecule has 0 spiro atoms. The third kappa shape index (κ3) is 10.4. The van der Waals surface area contributed by atoms with Gasteiger partial charge in [-0.2, -0.15) is 0 Å². The second-order valence-corrected chi connectivity index (χ2v) is 13.6. The fourth-order valence-electron chi connectivity index (χ4n) is 2.89. The first-order valence-corrected chi connectivity index (χ1v) is 15.3. The molecule has 1 fully saturated rings. The van der Waals surface area contributed by atoms with Crippen LogP contribution in [0.25, 0.3) is 0 Å². The molecule has 0 aromatic heterocycles. The van der Waals surface area contributed by atoms with E-state index in [4.69, 9.17) is 12.9 Å². The number of unbranched alkanes of at least 4 members (excludes halogenated alkanes) is 9. The van der Waals surface area contributed by atoms with Crippen molar-refractivity contribution in [3.05, 3.63) is 0 Å². The van der Waals surface area contributed by atoms with Crippen molar-refractivity contribution in [2.24, 2.45) is 0 Å². The summed E-state index contributed by atoms with van der Waals surface area (Å²) in [6.07, 6.45) is 13.9. The van der Waals surface area contributed by atoms with Crippen LogP contribution in [0.15, 0.2) is 0 Å². The van der Waals surface area contributed by atoms with Gasteiger partial charge >= 0.3 is 15.2 Å². The van der Waals surface area contributed by atoms with Gasteiger partial charge in [0.25, 0.3) is 0 Å². The summed E-state index contributed by atoms with van der Waals surface area (Å²) >= 11 is 0. The van der Waals surface area contributed by atoms with E-state index in [-0.39, 0.29) is 0 Å². The van der Waals surface area contributed by atoms with Crippen LogP contribution in [0.5, 0.6) is 0 Å². The van der Waals surface area contributed by atoms with Gasteiger partial charge < -0.3 is 0 Å². The highest BCUT2D eigenvalue weighted by atomic mass is 31.3. The van der Waals surface area contributed by atoms with E-state index in [2.05, 4.69) is 20.8 Å². The highest BCUT2D eigenvalue weighted by Crippen LogP contribution is 2.79. The Morgan fingerprint density at radius 3 is 1.46 bits per heavy atom. The van der Waals surface area contributed by atoms with Crippen LogP contribution in [-0.4, -0.2) is 18.5 Å². The summed E-state index contributed by atoms with van der Waals surface area (Å²) in [5.41, 5.74) is 0. The zero-order chi connectivity index (χ0) is 19.3. The molecule has 8 heteroatoms. The van der Waals surface area contributed by atoms with Crippen LogP contribution in [0.1, 0.15) is 97.8 Å². The van der Waals surface area contributed by atoms with E-state index in [9.17, 15) is 9.13 Å². The summed E-state index contributed by atoms with van der Waals surface area (Å²) in [6, 6.07) is 0. The van der Waals surface area contributed by atoms with Crippen molar-refractivity contribution in [2.45, 2.75) is 97.8 Å². The fraction of sp³-hybridized carbons (Fsp3) is 1.00. The highest BCUT2D eigenvalue weighted by molar-refractivity contribution is 7.78. The third-order valence-electron chi connectivity index (χ3n) is 4.45. The van der Waals surface area contributed by atoms with E-state index >= 15 is 0 Å². The van der Waals surface area contributed by atoms with Crippen LogP contribution in [0, 0.1) is 0 Å². The van der Waals surface area contributed by atoms with Crippen molar-refractivity contribution in [1.82, 2.24) is 0 Å². The number of hydrogen-bond acceptors (Lipinski definition) is 5. The molecule has 0 amide bonds. The average Bonchev–Trinajstić information content (AvgIpc) is 2.59. The monoisotopic (exact) mass is 428 g/mol. The van der Waals surface area contributed by atoms with Crippen LogP contribution in [0.2, 0.25) is 0 Å². The van der Waals surface area contributed by atoms with Crippen molar-refractivity contribution >= 4 is 23.6 Å². The topological polar surface area (TPSA) is 61.8 Å². The molecule has 1 aliphatic rings. The predicted octanol–water partition coefficient (Wildman–Crippen LogP) is 8.49. The summed E-state index contributed by atoms with van der Waals surface area (Å²) in [4.78, 5) is 0. The molecule has 1 saturated heterocycles. The van der Waals surface area contributed by atoms with Crippen LogP contribution in [0.3, 0.4) is 0 Å². The summed E-state index contributed by atoms with van der Waals surface area (Å²) in [6.45, 7) is 6.45. The van der Waals surface area contributed by atoms with E-state index in [1.807, 2.05) is 0 Å². The molecule has 0 aromatic carbocycles. The zero-order valence-electron chi connectivity index (χ0n) is 17.0. The van der Waals surface area contributed by atoms with E-state index in [1.54, 1.807) is 0 Å². The normalized spacial score (nSPS) is 29.1. The molecule has 2 atom stereocenters. The van der Waals surface area contributed by atoms with Gasteiger partial charge in [0.15, 0.2) is 8.38 Å². The van der Waals surface area contributed by atoms with E-state index in [1.165, 1.54) is 6.42 Å². The molecule has 26 heavy (non-hydrogen) atoms. The van der Waals surface area contributed by atoms with Crippen LogP contribution in [0.4, 0.5) is 0 Å². The lowest BCUT2D eigenvalue weighted by Gasteiger charge is -2.34. The van der Waals surface area contributed by atoms with Crippen molar-refractivity contribution in [3.63, 3.8) is 0 Å². The van der Waals surface area contributed by atoms with Crippen LogP contribution < -0.4 is 0 Å². The quantitative estimate of drug-likeness (QED) is 0.193. The molecular formula is C18H39O5P3. The Hall–Kier alpha value is 0.770. The minimum absolute atomic E-state index is 0.364. The molecule has 2 unspecified atom stereocenters. The Bertz CT molecular complexity index is 424. The number of hydrogen-bond donors (Lipinski definition) is 0. The van der Waals surface area contributed by atoms with Gasteiger partial charge in [-0.15, -0.1) is 0 Å². The third-order valence-corrected chi connectivity index (χ3v) is 12.3. The summed E-state index contributed by atoms with van der Waals surface area (Å²) in [7, 11) is -7.97. The summed E-state index contributed by atoms with van der Waals surface area (Å²) in [5.74, 6) is 0. The van der Waals surface area contributed by atoms with Gasteiger partial charge in [0.2, 0.25) is 0 Å². The lowest BCUT2D eigenvalue weighted by atomic mass is 10.2. The maximum Gasteiger partial charge on any atom is 0.342 e. The largest absolute Gasteiger partial charge is 0.342 e. The van der Waals surface area contributed by atoms with Gasteiger partial charge in [0.05, 0.1) is 12.3 Å². The molecule has 0 N–H and O–H groups in total. The SMILES string of the molecule is CCCCCCP1OP(=O)(CCCCCC)OP(=O)(CCCCCC)O1. The van der Waals surface area contributed by atoms with Gasteiger partial charge in [0, 0.05) is 6.16 Å². The van der Waals surface area contributed by atoms with Crippen molar-refractivity contribution < 1.29 is 22.1 Å². The Kier molecular flexibility index (Phi) is 13.2. The van der Waals surface area contributed by atoms with E-state index < -0.39 is 23.6 Å². The lowest BCUT2D eigenvalue weighted by Crippen LogP contribution is -2.09. The molecule has 5 nitrogen and oxygen atoms in total. The van der Waals surface area contributed by atoms with Gasteiger partial charge in [0.1, 0.15) is 0 Å². The predicted molar refractivity (Wildman–Crippen MR) is 112 cm³/mol. The zero-order valence-corrected chi connectivity index (χ0v) is 19.7. The molecule has 1 rings (SSSR count). The maximum atomic E-state index is 13.1. The summed E-state index contributed by atoms with van der Waals surface area (Å²) in [5, 5.41) is 0. The first-order valence-electron chi connectivity index (χ1n) is 10.5. The summed E-state index contributed by atoms with van der Waals surface area (Å²) < 4.78 is 43.3.